The highest BCUT2D eigenvalue weighted by Gasteiger charge is 2.46. The average molecular weight is 925 g/mol. The van der Waals surface area contributed by atoms with Gasteiger partial charge < -0.3 is 42.4 Å². The van der Waals surface area contributed by atoms with Crippen LogP contribution in [0.2, 0.25) is 16.6 Å². The Bertz CT molecular complexity index is 2320. The number of aromatic amines is 1. The molecule has 0 amide bonds. The predicted octanol–water partition coefficient (Wildman–Crippen LogP) is 9.23. The Morgan fingerprint density at radius 3 is 1.55 bits per heavy atom. The third kappa shape index (κ3) is 8.18. The molecule has 14 nitrogen and oxygen atoms in total. The zero-order valence-electron chi connectivity index (χ0n) is 35.4. The van der Waals surface area contributed by atoms with E-state index < -0.39 is 8.24 Å². The molecule has 310 valence electrons. The Balaban J connectivity index is 0.000000226. The standard InChI is InChI=1S/C24H34IN3O3Si.C18H19N3O5/c1-14(2)32(15(3)4,16(5)6)28-13-18(25)22-24(28)26-12-19(27-22)17-10-20(29-7)23(31-9)21(11-17)30-8;1-23-9-13(22)11-7-19-18-16(11)21-12(8-20-18)10-5-14(24-2)17(26-4)15(6-10)25-3/h10-16H,1-9H3;5-8H,9H2,1-4H3,(H,19,20). The fraction of sp³-hybridized carbons (Fsp3) is 0.405. The number of ketones is 1. The summed E-state index contributed by atoms with van der Waals surface area (Å²) in [7, 11) is 9.01. The second-order valence-electron chi connectivity index (χ2n) is 14.5. The van der Waals surface area contributed by atoms with E-state index in [1.807, 2.05) is 18.3 Å². The van der Waals surface area contributed by atoms with E-state index in [0.717, 1.165) is 31.6 Å². The van der Waals surface area contributed by atoms with E-state index in [0.29, 0.717) is 73.5 Å². The number of carbonyl (C=O) groups excluding carboxylic acids is 1. The molecule has 0 saturated heterocycles. The first-order chi connectivity index (χ1) is 27.7. The van der Waals surface area contributed by atoms with Crippen molar-refractivity contribution < 1.29 is 38.0 Å². The Hall–Kier alpha value is -4.94. The van der Waals surface area contributed by atoms with Crippen molar-refractivity contribution in [3.8, 4) is 57.0 Å². The maximum Gasteiger partial charge on any atom is 0.203 e. The number of ether oxygens (including phenoxy) is 7. The number of Topliss-reactive ketones (excluding diaryl/α,β-unsaturated/α-hetero) is 1. The molecule has 4 aromatic heterocycles. The smallest absolute Gasteiger partial charge is 0.203 e. The number of methoxy groups -OCH3 is 7. The second-order valence-corrected chi connectivity index (χ2v) is 21.3. The molecule has 6 aromatic rings. The summed E-state index contributed by atoms with van der Waals surface area (Å²) in [5.74, 6) is 3.10. The number of nitrogens with one attached hydrogen (secondary N) is 1. The zero-order chi connectivity index (χ0) is 42.5. The summed E-state index contributed by atoms with van der Waals surface area (Å²) in [5.41, 5.74) is 8.03. The van der Waals surface area contributed by atoms with Crippen LogP contribution in [0.1, 0.15) is 51.9 Å². The van der Waals surface area contributed by atoms with E-state index in [1.165, 1.54) is 7.11 Å². The Labute approximate surface area is 354 Å². The minimum Gasteiger partial charge on any atom is -0.493 e. The van der Waals surface area contributed by atoms with Gasteiger partial charge in [-0.15, -0.1) is 0 Å². The second kappa shape index (κ2) is 18.8. The van der Waals surface area contributed by atoms with E-state index in [-0.39, 0.29) is 12.4 Å². The van der Waals surface area contributed by atoms with Crippen molar-refractivity contribution in [2.24, 2.45) is 0 Å². The summed E-state index contributed by atoms with van der Waals surface area (Å²) in [6.07, 6.45) is 7.33. The molecule has 0 aliphatic heterocycles. The quantitative estimate of drug-likeness (QED) is 0.0593. The first kappa shape index (κ1) is 44.2. The number of halogens is 1. The number of benzene rings is 2. The van der Waals surface area contributed by atoms with Gasteiger partial charge in [0.2, 0.25) is 11.5 Å². The predicted molar refractivity (Wildman–Crippen MR) is 237 cm³/mol. The molecule has 16 heteroatoms. The highest BCUT2D eigenvalue weighted by atomic mass is 127. The van der Waals surface area contributed by atoms with Gasteiger partial charge in [-0.3, -0.25) is 4.79 Å². The van der Waals surface area contributed by atoms with Crippen LogP contribution in [-0.2, 0) is 4.74 Å². The van der Waals surface area contributed by atoms with Crippen molar-refractivity contribution in [1.82, 2.24) is 29.2 Å². The molecule has 1 N–H and O–H groups in total. The number of hydrogen-bond donors (Lipinski definition) is 1. The van der Waals surface area contributed by atoms with Gasteiger partial charge in [0, 0.05) is 30.6 Å². The third-order valence-corrected chi connectivity index (χ3v) is 18.0. The first-order valence-electron chi connectivity index (χ1n) is 18.8. The van der Waals surface area contributed by atoms with Crippen molar-refractivity contribution >= 4 is 58.9 Å². The monoisotopic (exact) mass is 924 g/mol. The van der Waals surface area contributed by atoms with Crippen LogP contribution in [0.3, 0.4) is 0 Å². The average Bonchev–Trinajstić information content (AvgIpc) is 3.79. The number of nitrogens with zero attached hydrogens (tertiary/aromatic N) is 5. The third-order valence-electron chi connectivity index (χ3n) is 10.5. The summed E-state index contributed by atoms with van der Waals surface area (Å²) in [5, 5.41) is 0. The summed E-state index contributed by atoms with van der Waals surface area (Å²) in [6, 6.07) is 7.38. The van der Waals surface area contributed by atoms with E-state index in [4.69, 9.17) is 43.1 Å². The molecule has 58 heavy (non-hydrogen) atoms. The molecule has 0 aliphatic carbocycles. The number of H-pyrrole nitrogens is 1. The maximum absolute atomic E-state index is 12.2. The van der Waals surface area contributed by atoms with E-state index in [9.17, 15) is 4.79 Å². The lowest BCUT2D eigenvalue weighted by molar-refractivity contribution is 0.0849. The Morgan fingerprint density at radius 2 is 1.14 bits per heavy atom. The molecule has 0 fully saturated rings. The van der Waals surface area contributed by atoms with E-state index in [1.54, 1.807) is 67.2 Å². The molecule has 6 rings (SSSR count). The number of aromatic nitrogens is 6. The molecule has 0 bridgehead atoms. The van der Waals surface area contributed by atoms with Gasteiger partial charge in [-0.05, 0) is 63.5 Å². The van der Waals surface area contributed by atoms with Crippen LogP contribution in [0.5, 0.6) is 34.5 Å². The molecule has 0 atom stereocenters. The van der Waals surface area contributed by atoms with Crippen LogP contribution in [0, 0.1) is 3.57 Å². The van der Waals surface area contributed by atoms with Gasteiger partial charge in [0.05, 0.1) is 75.6 Å². The highest BCUT2D eigenvalue weighted by Crippen LogP contribution is 2.46. The van der Waals surface area contributed by atoms with Crippen molar-refractivity contribution in [2.75, 3.05) is 56.4 Å². The molecule has 0 aliphatic rings. The molecular weight excluding hydrogens is 871 g/mol. The number of carbonyl (C=O) groups is 1. The number of hydrogen-bond acceptors (Lipinski definition) is 12. The fourth-order valence-electron chi connectivity index (χ4n) is 8.13. The van der Waals surface area contributed by atoms with Gasteiger partial charge in [0.1, 0.15) is 17.6 Å². The van der Waals surface area contributed by atoms with Crippen LogP contribution in [0.25, 0.3) is 44.8 Å². The van der Waals surface area contributed by atoms with Gasteiger partial charge in [0.15, 0.2) is 48.3 Å². The van der Waals surface area contributed by atoms with Crippen molar-refractivity contribution in [3.05, 3.63) is 58.2 Å². The number of fused-ring (bicyclic) bond motifs is 2. The maximum atomic E-state index is 12.2. The first-order valence-corrected chi connectivity index (χ1v) is 22.0. The molecule has 0 radical (unpaired) electrons. The number of rotatable bonds is 15. The molecule has 0 spiro atoms. The molecule has 0 unspecified atom stereocenters. The Kier molecular flexibility index (Phi) is 14.3. The van der Waals surface area contributed by atoms with Crippen molar-refractivity contribution in [2.45, 2.75) is 58.2 Å². The van der Waals surface area contributed by atoms with Crippen LogP contribution in [0.15, 0.2) is 49.1 Å². The molecule has 2 aromatic carbocycles. The summed E-state index contributed by atoms with van der Waals surface area (Å²) in [4.78, 5) is 34.1. The highest BCUT2D eigenvalue weighted by molar-refractivity contribution is 14.1. The molecule has 4 heterocycles. The SMILES string of the molecule is COCC(=O)c1c[nH]c2ncc(-c3cc(OC)c(OC)c(OC)c3)nc12.COc1cc(-c2cnc3c(n2)c(I)cn3[Si](C(C)C)(C(C)C)C(C)C)cc(OC)c1OC. The van der Waals surface area contributed by atoms with Gasteiger partial charge >= 0.3 is 0 Å². The van der Waals surface area contributed by atoms with Crippen LogP contribution < -0.4 is 28.4 Å². The minimum atomic E-state index is -1.93. The largest absolute Gasteiger partial charge is 0.493 e. The lowest BCUT2D eigenvalue weighted by atomic mass is 10.1. The van der Waals surface area contributed by atoms with Gasteiger partial charge in [-0.2, -0.15) is 0 Å². The van der Waals surface area contributed by atoms with Gasteiger partial charge in [-0.1, -0.05) is 41.5 Å². The van der Waals surface area contributed by atoms with Gasteiger partial charge in [-0.25, -0.2) is 19.9 Å². The molecular formula is C42H53IN6O8Si. The summed E-state index contributed by atoms with van der Waals surface area (Å²) < 4.78 is 41.2. The Morgan fingerprint density at radius 1 is 0.690 bits per heavy atom. The topological polar surface area (TPSA) is 154 Å². The van der Waals surface area contributed by atoms with Crippen LogP contribution in [-0.4, -0.2) is 99.5 Å². The van der Waals surface area contributed by atoms with E-state index in [2.05, 4.69) is 89.5 Å². The van der Waals surface area contributed by atoms with Crippen LogP contribution >= 0.6 is 22.6 Å². The zero-order valence-corrected chi connectivity index (χ0v) is 38.6. The summed E-state index contributed by atoms with van der Waals surface area (Å²) >= 11 is 2.39. The lowest BCUT2D eigenvalue weighted by Gasteiger charge is -2.44. The van der Waals surface area contributed by atoms with Crippen molar-refractivity contribution in [1.29, 1.82) is 0 Å². The molecule has 0 saturated carbocycles. The minimum absolute atomic E-state index is 0.0248. The van der Waals surface area contributed by atoms with Crippen LogP contribution in [0.4, 0.5) is 0 Å². The fourth-order valence-corrected chi connectivity index (χ4v) is 15.6. The van der Waals surface area contributed by atoms with E-state index >= 15 is 0 Å². The summed E-state index contributed by atoms with van der Waals surface area (Å²) in [6.45, 7) is 14.2. The normalized spacial score (nSPS) is 11.6. The lowest BCUT2D eigenvalue weighted by Crippen LogP contribution is -2.51. The van der Waals surface area contributed by atoms with Crippen molar-refractivity contribution in [3.63, 3.8) is 0 Å². The van der Waals surface area contributed by atoms with Gasteiger partial charge in [0.25, 0.3) is 0 Å².